The second-order valence-corrected chi connectivity index (χ2v) is 7.79. The summed E-state index contributed by atoms with van der Waals surface area (Å²) in [4.78, 5) is 31.0. The third kappa shape index (κ3) is 3.58. The molecule has 2 aliphatic rings. The molecule has 6 nitrogen and oxygen atoms in total. The lowest BCUT2D eigenvalue weighted by Crippen LogP contribution is -2.51. The zero-order chi connectivity index (χ0) is 18.8. The van der Waals surface area contributed by atoms with Gasteiger partial charge in [0.1, 0.15) is 5.69 Å². The Balaban J connectivity index is 1.79. The van der Waals surface area contributed by atoms with Crippen LogP contribution in [0.2, 0.25) is 0 Å². The molecular formula is C21H28N4O2. The van der Waals surface area contributed by atoms with Gasteiger partial charge in [0.05, 0.1) is 5.69 Å². The van der Waals surface area contributed by atoms with E-state index < -0.39 is 0 Å². The number of hydrogen-bond acceptors (Lipinski definition) is 3. The van der Waals surface area contributed by atoms with Gasteiger partial charge < -0.3 is 15.2 Å². The molecule has 1 amide bonds. The van der Waals surface area contributed by atoms with Gasteiger partial charge in [0, 0.05) is 37.3 Å². The molecule has 0 spiro atoms. The van der Waals surface area contributed by atoms with Gasteiger partial charge >= 0.3 is 5.69 Å². The van der Waals surface area contributed by atoms with Gasteiger partial charge in [-0.05, 0) is 19.8 Å². The SMILES string of the molecule is CC1CN(C(=O)c2[nH]c(=O)n(C3CCCCC3)c2-c2ccccc2)CCN1. The van der Waals surface area contributed by atoms with E-state index in [1.54, 1.807) is 0 Å². The van der Waals surface area contributed by atoms with Crippen LogP contribution >= 0.6 is 0 Å². The highest BCUT2D eigenvalue weighted by atomic mass is 16.2. The molecule has 4 rings (SSSR count). The maximum absolute atomic E-state index is 13.3. The monoisotopic (exact) mass is 368 g/mol. The van der Waals surface area contributed by atoms with Crippen LogP contribution in [0.25, 0.3) is 11.3 Å². The first-order valence-corrected chi connectivity index (χ1v) is 10.1. The van der Waals surface area contributed by atoms with Crippen LogP contribution in [0, 0.1) is 0 Å². The van der Waals surface area contributed by atoms with E-state index in [1.807, 2.05) is 39.8 Å². The molecule has 1 aliphatic carbocycles. The fourth-order valence-corrected chi connectivity index (χ4v) is 4.45. The summed E-state index contributed by atoms with van der Waals surface area (Å²) in [5.41, 5.74) is 1.95. The van der Waals surface area contributed by atoms with Gasteiger partial charge in [0.25, 0.3) is 5.91 Å². The number of aromatic amines is 1. The van der Waals surface area contributed by atoms with Crippen molar-refractivity contribution in [3.05, 3.63) is 46.5 Å². The molecule has 2 N–H and O–H groups in total. The van der Waals surface area contributed by atoms with Crippen LogP contribution < -0.4 is 11.0 Å². The number of carbonyl (C=O) groups is 1. The topological polar surface area (TPSA) is 70.1 Å². The van der Waals surface area contributed by atoms with E-state index in [-0.39, 0.29) is 23.7 Å². The van der Waals surface area contributed by atoms with E-state index in [1.165, 1.54) is 6.42 Å². The largest absolute Gasteiger partial charge is 0.334 e. The van der Waals surface area contributed by atoms with Gasteiger partial charge in [-0.1, -0.05) is 49.6 Å². The van der Waals surface area contributed by atoms with E-state index in [0.29, 0.717) is 18.8 Å². The highest BCUT2D eigenvalue weighted by Crippen LogP contribution is 2.33. The first kappa shape index (κ1) is 18.0. The molecule has 1 atom stereocenters. The number of H-pyrrole nitrogens is 1. The Morgan fingerprint density at radius 1 is 1.11 bits per heavy atom. The van der Waals surface area contributed by atoms with Gasteiger partial charge in [0.15, 0.2) is 0 Å². The van der Waals surface area contributed by atoms with Crippen LogP contribution in [-0.2, 0) is 0 Å². The summed E-state index contributed by atoms with van der Waals surface area (Å²) in [6.07, 6.45) is 5.48. The van der Waals surface area contributed by atoms with Crippen LogP contribution in [0.3, 0.4) is 0 Å². The molecule has 1 saturated carbocycles. The minimum absolute atomic E-state index is 0.0751. The van der Waals surface area contributed by atoms with Crippen molar-refractivity contribution in [3.8, 4) is 11.3 Å². The molecule has 1 unspecified atom stereocenters. The van der Waals surface area contributed by atoms with Gasteiger partial charge in [-0.2, -0.15) is 0 Å². The molecule has 144 valence electrons. The van der Waals surface area contributed by atoms with Crippen LogP contribution in [0.15, 0.2) is 35.1 Å². The second kappa shape index (κ2) is 7.72. The van der Waals surface area contributed by atoms with E-state index in [4.69, 9.17) is 0 Å². The van der Waals surface area contributed by atoms with Crippen LogP contribution in [0.5, 0.6) is 0 Å². The Morgan fingerprint density at radius 2 is 1.85 bits per heavy atom. The van der Waals surface area contributed by atoms with Crippen molar-refractivity contribution in [2.24, 2.45) is 0 Å². The first-order chi connectivity index (χ1) is 13.1. The van der Waals surface area contributed by atoms with Crippen LogP contribution in [-0.4, -0.2) is 46.0 Å². The molecule has 6 heteroatoms. The normalized spacial score (nSPS) is 21.4. The number of piperazine rings is 1. The lowest BCUT2D eigenvalue weighted by Gasteiger charge is -2.32. The summed E-state index contributed by atoms with van der Waals surface area (Å²) in [5.74, 6) is -0.0751. The summed E-state index contributed by atoms with van der Waals surface area (Å²) >= 11 is 0. The maximum Gasteiger partial charge on any atom is 0.326 e. The molecule has 0 radical (unpaired) electrons. The fourth-order valence-electron chi connectivity index (χ4n) is 4.45. The Morgan fingerprint density at radius 3 is 2.56 bits per heavy atom. The third-order valence-electron chi connectivity index (χ3n) is 5.79. The first-order valence-electron chi connectivity index (χ1n) is 10.1. The molecule has 1 saturated heterocycles. The summed E-state index contributed by atoms with van der Waals surface area (Å²) < 4.78 is 1.85. The number of imidazole rings is 1. The minimum atomic E-state index is -0.160. The molecule has 1 aromatic carbocycles. The molecule has 2 aromatic rings. The van der Waals surface area contributed by atoms with Gasteiger partial charge in [-0.15, -0.1) is 0 Å². The fraction of sp³-hybridized carbons (Fsp3) is 0.524. The molecule has 2 heterocycles. The molecule has 0 bridgehead atoms. The van der Waals surface area contributed by atoms with Crippen LogP contribution in [0.1, 0.15) is 55.6 Å². The van der Waals surface area contributed by atoms with E-state index in [2.05, 4.69) is 17.2 Å². The van der Waals surface area contributed by atoms with Gasteiger partial charge in [-0.25, -0.2) is 4.79 Å². The lowest BCUT2D eigenvalue weighted by molar-refractivity contribution is 0.0704. The molecule has 1 aromatic heterocycles. The Labute approximate surface area is 159 Å². The molecular weight excluding hydrogens is 340 g/mol. The number of carbonyl (C=O) groups excluding carboxylic acids is 1. The predicted octanol–water partition coefficient (Wildman–Crippen LogP) is 2.78. The van der Waals surface area contributed by atoms with Crippen molar-refractivity contribution in [2.45, 2.75) is 51.1 Å². The number of hydrogen-bond donors (Lipinski definition) is 2. The Bertz CT molecular complexity index is 849. The zero-order valence-electron chi connectivity index (χ0n) is 15.9. The third-order valence-corrected chi connectivity index (χ3v) is 5.79. The number of benzene rings is 1. The number of aromatic nitrogens is 2. The van der Waals surface area contributed by atoms with Crippen molar-refractivity contribution >= 4 is 5.91 Å². The molecule has 27 heavy (non-hydrogen) atoms. The Hall–Kier alpha value is -2.34. The lowest BCUT2D eigenvalue weighted by atomic mass is 9.94. The van der Waals surface area contributed by atoms with Crippen molar-refractivity contribution in [3.63, 3.8) is 0 Å². The standard InChI is InChI=1S/C21H28N4O2/c1-15-14-24(13-12-22-15)20(26)18-19(16-8-4-2-5-9-16)25(21(27)23-18)17-10-6-3-7-11-17/h2,4-5,8-9,15,17,22H,3,6-7,10-14H2,1H3,(H,23,27). The summed E-state index contributed by atoms with van der Waals surface area (Å²) in [6, 6.07) is 10.3. The van der Waals surface area contributed by atoms with Crippen molar-refractivity contribution in [1.29, 1.82) is 0 Å². The van der Waals surface area contributed by atoms with Crippen LogP contribution in [0.4, 0.5) is 0 Å². The maximum atomic E-state index is 13.3. The predicted molar refractivity (Wildman–Crippen MR) is 106 cm³/mol. The van der Waals surface area contributed by atoms with Gasteiger partial charge in [-0.3, -0.25) is 9.36 Å². The van der Waals surface area contributed by atoms with Crippen molar-refractivity contribution in [1.82, 2.24) is 19.8 Å². The van der Waals surface area contributed by atoms with Gasteiger partial charge in [0.2, 0.25) is 0 Å². The zero-order valence-corrected chi connectivity index (χ0v) is 15.9. The Kier molecular flexibility index (Phi) is 5.16. The quantitative estimate of drug-likeness (QED) is 0.875. The average molecular weight is 368 g/mol. The smallest absolute Gasteiger partial charge is 0.326 e. The number of nitrogens with one attached hydrogen (secondary N) is 2. The number of rotatable bonds is 3. The second-order valence-electron chi connectivity index (χ2n) is 7.79. The highest BCUT2D eigenvalue weighted by Gasteiger charge is 2.30. The minimum Gasteiger partial charge on any atom is -0.334 e. The van der Waals surface area contributed by atoms with E-state index in [9.17, 15) is 9.59 Å². The average Bonchev–Trinajstić information content (AvgIpc) is 3.06. The number of amides is 1. The van der Waals surface area contributed by atoms with Crippen molar-refractivity contribution in [2.75, 3.05) is 19.6 Å². The number of nitrogens with zero attached hydrogens (tertiary/aromatic N) is 2. The van der Waals surface area contributed by atoms with E-state index >= 15 is 0 Å². The van der Waals surface area contributed by atoms with Crippen molar-refractivity contribution < 1.29 is 4.79 Å². The summed E-state index contributed by atoms with van der Waals surface area (Å²) in [7, 11) is 0. The molecule has 2 fully saturated rings. The highest BCUT2D eigenvalue weighted by molar-refractivity contribution is 5.98. The summed E-state index contributed by atoms with van der Waals surface area (Å²) in [6.45, 7) is 4.17. The molecule has 1 aliphatic heterocycles. The summed E-state index contributed by atoms with van der Waals surface area (Å²) in [5, 5.41) is 3.36. The van der Waals surface area contributed by atoms with E-state index in [0.717, 1.165) is 43.5 Å².